The van der Waals surface area contributed by atoms with E-state index in [-0.39, 0.29) is 11.2 Å². The van der Waals surface area contributed by atoms with Crippen molar-refractivity contribution in [2.45, 2.75) is 38.9 Å². The molecular formula is C14H19N3O2S. The van der Waals surface area contributed by atoms with Crippen molar-refractivity contribution in [3.63, 3.8) is 0 Å². The Bertz CT molecular complexity index is 622. The minimum Gasteiger partial charge on any atom is -0.481 e. The number of imidazole rings is 1. The van der Waals surface area contributed by atoms with E-state index in [0.717, 1.165) is 29.3 Å². The monoisotopic (exact) mass is 293 g/mol. The van der Waals surface area contributed by atoms with Crippen LogP contribution in [-0.2, 0) is 11.3 Å². The molecule has 0 aromatic carbocycles. The fourth-order valence-corrected chi connectivity index (χ4v) is 2.58. The molecule has 0 bridgehead atoms. The van der Waals surface area contributed by atoms with Crippen LogP contribution in [-0.4, -0.2) is 31.4 Å². The van der Waals surface area contributed by atoms with Crippen LogP contribution in [0.25, 0.3) is 11.2 Å². The van der Waals surface area contributed by atoms with Crippen molar-refractivity contribution in [2.75, 3.05) is 5.75 Å². The summed E-state index contributed by atoms with van der Waals surface area (Å²) in [6.45, 7) is 7.30. The largest absolute Gasteiger partial charge is 0.481 e. The average molecular weight is 293 g/mol. The Morgan fingerprint density at radius 1 is 1.50 bits per heavy atom. The first kappa shape index (κ1) is 14.8. The molecule has 5 nitrogen and oxygen atoms in total. The number of aliphatic carboxylic acids is 1. The highest BCUT2D eigenvalue weighted by Gasteiger charge is 2.21. The second kappa shape index (κ2) is 5.83. The molecule has 20 heavy (non-hydrogen) atoms. The van der Waals surface area contributed by atoms with E-state index in [2.05, 4.69) is 30.7 Å². The first-order chi connectivity index (χ1) is 9.43. The van der Waals surface area contributed by atoms with Crippen LogP contribution < -0.4 is 0 Å². The van der Waals surface area contributed by atoms with E-state index in [1.165, 1.54) is 11.8 Å². The van der Waals surface area contributed by atoms with Crippen LogP contribution in [0.3, 0.4) is 0 Å². The van der Waals surface area contributed by atoms with E-state index in [4.69, 9.17) is 5.11 Å². The second-order valence-electron chi connectivity index (χ2n) is 5.53. The van der Waals surface area contributed by atoms with Crippen LogP contribution >= 0.6 is 11.8 Å². The zero-order valence-corrected chi connectivity index (χ0v) is 12.8. The number of rotatable bonds is 6. The van der Waals surface area contributed by atoms with Gasteiger partial charge in [0.05, 0.1) is 5.75 Å². The lowest BCUT2D eigenvalue weighted by atomic mass is 9.90. The highest BCUT2D eigenvalue weighted by atomic mass is 32.2. The second-order valence-corrected chi connectivity index (χ2v) is 6.47. The van der Waals surface area contributed by atoms with Gasteiger partial charge in [-0.3, -0.25) is 4.79 Å². The van der Waals surface area contributed by atoms with E-state index in [1.807, 2.05) is 16.7 Å². The minimum atomic E-state index is -0.837. The Morgan fingerprint density at radius 2 is 2.25 bits per heavy atom. The van der Waals surface area contributed by atoms with E-state index >= 15 is 0 Å². The van der Waals surface area contributed by atoms with Crippen LogP contribution in [0.15, 0.2) is 23.5 Å². The predicted octanol–water partition coefficient (Wildman–Crippen LogP) is 3.04. The number of carboxylic acids is 1. The molecule has 0 atom stereocenters. The zero-order valence-electron chi connectivity index (χ0n) is 12.0. The molecule has 108 valence electrons. The fourth-order valence-electron chi connectivity index (χ4n) is 1.86. The van der Waals surface area contributed by atoms with Gasteiger partial charge in [0, 0.05) is 12.7 Å². The molecule has 0 fully saturated rings. The number of carboxylic acid groups (broad SMARTS) is 1. The normalized spacial score (nSPS) is 11.9. The number of pyridine rings is 1. The van der Waals surface area contributed by atoms with Gasteiger partial charge < -0.3 is 9.67 Å². The van der Waals surface area contributed by atoms with Gasteiger partial charge in [-0.15, -0.1) is 0 Å². The van der Waals surface area contributed by atoms with E-state index in [0.29, 0.717) is 0 Å². The molecule has 6 heteroatoms. The van der Waals surface area contributed by atoms with Crippen LogP contribution in [0.5, 0.6) is 0 Å². The third-order valence-electron chi connectivity index (χ3n) is 3.34. The summed E-state index contributed by atoms with van der Waals surface area (Å²) in [5.41, 5.74) is 1.75. The number of aromatic nitrogens is 3. The maximum atomic E-state index is 10.8. The Morgan fingerprint density at radius 3 is 2.90 bits per heavy atom. The lowest BCUT2D eigenvalue weighted by Crippen LogP contribution is -2.19. The summed E-state index contributed by atoms with van der Waals surface area (Å²) < 4.78 is 2.03. The van der Waals surface area contributed by atoms with Gasteiger partial charge in [0.15, 0.2) is 10.8 Å². The Hall–Kier alpha value is -1.56. The van der Waals surface area contributed by atoms with Crippen molar-refractivity contribution in [3.05, 3.63) is 18.3 Å². The Labute approximate surface area is 122 Å². The van der Waals surface area contributed by atoms with Gasteiger partial charge in [0.25, 0.3) is 0 Å². The highest BCUT2D eigenvalue weighted by Crippen LogP contribution is 2.29. The van der Waals surface area contributed by atoms with Gasteiger partial charge in [0.2, 0.25) is 0 Å². The first-order valence-corrected chi connectivity index (χ1v) is 7.57. The van der Waals surface area contributed by atoms with E-state index in [9.17, 15) is 4.79 Å². The molecule has 2 heterocycles. The molecule has 0 saturated carbocycles. The Kier molecular flexibility index (Phi) is 4.32. The summed E-state index contributed by atoms with van der Waals surface area (Å²) >= 11 is 1.24. The maximum absolute atomic E-state index is 10.8. The van der Waals surface area contributed by atoms with E-state index in [1.54, 1.807) is 6.20 Å². The summed E-state index contributed by atoms with van der Waals surface area (Å²) in [6, 6.07) is 3.75. The summed E-state index contributed by atoms with van der Waals surface area (Å²) in [4.78, 5) is 19.7. The minimum absolute atomic E-state index is 0.00980. The molecule has 0 aliphatic carbocycles. The zero-order chi connectivity index (χ0) is 14.8. The molecule has 0 aliphatic rings. The third kappa shape index (κ3) is 3.30. The molecule has 0 unspecified atom stereocenters. The highest BCUT2D eigenvalue weighted by molar-refractivity contribution is 7.99. The van der Waals surface area contributed by atoms with Gasteiger partial charge in [-0.1, -0.05) is 32.5 Å². The molecule has 0 radical (unpaired) electrons. The van der Waals surface area contributed by atoms with Crippen LogP contribution in [0.4, 0.5) is 0 Å². The molecular weight excluding hydrogens is 274 g/mol. The Balaban J connectivity index is 2.41. The van der Waals surface area contributed by atoms with Crippen molar-refractivity contribution in [1.82, 2.24) is 14.5 Å². The summed E-state index contributed by atoms with van der Waals surface area (Å²) in [7, 11) is 0. The number of carbonyl (C=O) groups is 1. The maximum Gasteiger partial charge on any atom is 0.313 e. The van der Waals surface area contributed by atoms with Gasteiger partial charge in [-0.2, -0.15) is 0 Å². The predicted molar refractivity (Wildman–Crippen MR) is 80.0 cm³/mol. The van der Waals surface area contributed by atoms with Crippen molar-refractivity contribution < 1.29 is 9.90 Å². The molecule has 2 aromatic heterocycles. The molecule has 1 N–H and O–H groups in total. The number of hydrogen-bond acceptors (Lipinski definition) is 4. The van der Waals surface area contributed by atoms with Crippen LogP contribution in [0.1, 0.15) is 27.2 Å². The van der Waals surface area contributed by atoms with E-state index < -0.39 is 5.97 Å². The van der Waals surface area contributed by atoms with Crippen LogP contribution in [0.2, 0.25) is 0 Å². The molecule has 0 spiro atoms. The molecule has 2 aromatic rings. The van der Waals surface area contributed by atoms with Crippen molar-refractivity contribution in [2.24, 2.45) is 5.41 Å². The summed E-state index contributed by atoms with van der Waals surface area (Å²) in [5, 5.41) is 9.57. The number of nitrogens with zero attached hydrogens (tertiary/aromatic N) is 3. The lowest BCUT2D eigenvalue weighted by molar-refractivity contribution is -0.133. The first-order valence-electron chi connectivity index (χ1n) is 6.59. The number of fused-ring (bicyclic) bond motifs is 1. The lowest BCUT2D eigenvalue weighted by Gasteiger charge is -2.24. The summed E-state index contributed by atoms with van der Waals surface area (Å²) in [6.07, 6.45) is 2.77. The standard InChI is InChI=1S/C14H19N3O2S/c1-4-14(2,3)9-17-12-10(6-5-7-15-12)16-13(17)20-8-11(18)19/h5-7H,4,8-9H2,1-3H3,(H,18,19). The molecule has 0 amide bonds. The average Bonchev–Trinajstić information content (AvgIpc) is 2.74. The number of hydrogen-bond donors (Lipinski definition) is 1. The van der Waals surface area contributed by atoms with Gasteiger partial charge >= 0.3 is 5.97 Å². The van der Waals surface area contributed by atoms with Gasteiger partial charge in [-0.25, -0.2) is 9.97 Å². The van der Waals surface area contributed by atoms with Crippen molar-refractivity contribution in [1.29, 1.82) is 0 Å². The van der Waals surface area contributed by atoms with Gasteiger partial charge in [-0.05, 0) is 24.0 Å². The topological polar surface area (TPSA) is 68.0 Å². The van der Waals surface area contributed by atoms with Crippen molar-refractivity contribution in [3.8, 4) is 0 Å². The van der Waals surface area contributed by atoms with Crippen LogP contribution in [0, 0.1) is 5.41 Å². The molecule has 0 saturated heterocycles. The smallest absolute Gasteiger partial charge is 0.313 e. The van der Waals surface area contributed by atoms with Gasteiger partial charge in [0.1, 0.15) is 5.52 Å². The molecule has 2 rings (SSSR count). The van der Waals surface area contributed by atoms with Crippen molar-refractivity contribution >= 4 is 28.9 Å². The number of thioether (sulfide) groups is 1. The molecule has 0 aliphatic heterocycles. The summed E-state index contributed by atoms with van der Waals surface area (Å²) in [5.74, 6) is -0.827. The quantitative estimate of drug-likeness (QED) is 0.829. The fraction of sp³-hybridized carbons (Fsp3) is 0.500. The third-order valence-corrected chi connectivity index (χ3v) is 4.30. The SMILES string of the molecule is CCC(C)(C)Cn1c(SCC(=O)O)nc2cccnc21.